The van der Waals surface area contributed by atoms with Gasteiger partial charge in [-0.05, 0) is 30.3 Å². The summed E-state index contributed by atoms with van der Waals surface area (Å²) in [6.07, 6.45) is 12.7. The first-order chi connectivity index (χ1) is 10.1. The number of nitrogens with zero attached hydrogens (tertiary/aromatic N) is 2. The Balaban J connectivity index is 2.00. The van der Waals surface area contributed by atoms with Gasteiger partial charge in [0.1, 0.15) is 0 Å². The molecule has 1 aliphatic carbocycles. The molecule has 1 saturated heterocycles. The molecule has 2 heterocycles. The first kappa shape index (κ1) is 13.9. The summed E-state index contributed by atoms with van der Waals surface area (Å²) in [6.45, 7) is 0.945. The molecule has 6 heteroatoms. The van der Waals surface area contributed by atoms with Crippen molar-refractivity contribution < 1.29 is 4.79 Å². The molecule has 0 bridgehead atoms. The van der Waals surface area contributed by atoms with Gasteiger partial charge in [-0.2, -0.15) is 4.99 Å². The molecule has 3 atom stereocenters. The van der Waals surface area contributed by atoms with Crippen molar-refractivity contribution in [1.29, 1.82) is 0 Å². The number of allylic oxidation sites excluding steroid dienone is 3. The van der Waals surface area contributed by atoms with Gasteiger partial charge in [-0.1, -0.05) is 18.2 Å². The zero-order valence-electron chi connectivity index (χ0n) is 11.4. The van der Waals surface area contributed by atoms with Crippen molar-refractivity contribution in [2.24, 2.45) is 22.4 Å². The van der Waals surface area contributed by atoms with E-state index in [9.17, 15) is 4.79 Å². The molecule has 3 aliphatic rings. The predicted molar refractivity (Wildman–Crippen MR) is 83.5 cm³/mol. The minimum Gasteiger partial charge on any atom is -0.370 e. The zero-order chi connectivity index (χ0) is 15.0. The highest BCUT2D eigenvalue weighted by Gasteiger charge is 2.39. The van der Waals surface area contributed by atoms with Gasteiger partial charge in [-0.25, -0.2) is 0 Å². The van der Waals surface area contributed by atoms with Gasteiger partial charge in [0.15, 0.2) is 5.96 Å². The molecule has 0 spiro atoms. The van der Waals surface area contributed by atoms with E-state index in [2.05, 4.69) is 16.1 Å². The third-order valence-corrected chi connectivity index (χ3v) is 4.40. The second kappa shape index (κ2) is 5.41. The van der Waals surface area contributed by atoms with Crippen molar-refractivity contribution in [2.45, 2.75) is 17.8 Å². The van der Waals surface area contributed by atoms with Crippen LogP contribution in [0.25, 0.3) is 0 Å². The van der Waals surface area contributed by atoms with Gasteiger partial charge in [0.05, 0.1) is 11.4 Å². The number of carbonyl (C=O) groups is 1. The van der Waals surface area contributed by atoms with E-state index in [1.165, 1.54) is 0 Å². The van der Waals surface area contributed by atoms with Crippen molar-refractivity contribution in [1.82, 2.24) is 4.90 Å². The van der Waals surface area contributed by atoms with Crippen LogP contribution in [0, 0.1) is 5.92 Å². The molecule has 5 nitrogen and oxygen atoms in total. The third kappa shape index (κ3) is 2.61. The number of hydrogen-bond donors (Lipinski definition) is 2. The smallest absolute Gasteiger partial charge is 0.279 e. The van der Waals surface area contributed by atoms with Crippen LogP contribution in [0.15, 0.2) is 52.7 Å². The van der Waals surface area contributed by atoms with Crippen LogP contribution in [0.4, 0.5) is 0 Å². The lowest BCUT2D eigenvalue weighted by atomic mass is 9.83. The normalized spacial score (nSPS) is 30.0. The Morgan fingerprint density at radius 2 is 2.19 bits per heavy atom. The highest BCUT2D eigenvalue weighted by molar-refractivity contribution is 6.24. The summed E-state index contributed by atoms with van der Waals surface area (Å²) >= 11 is 6.46. The molecule has 3 rings (SSSR count). The maximum Gasteiger partial charge on any atom is 0.279 e. The fraction of sp³-hybridized carbons (Fsp3) is 0.333. The van der Waals surface area contributed by atoms with E-state index >= 15 is 0 Å². The molecule has 0 aromatic heterocycles. The van der Waals surface area contributed by atoms with E-state index in [1.54, 1.807) is 0 Å². The number of rotatable bonds is 1. The molecular weight excluding hydrogens is 288 g/mol. The van der Waals surface area contributed by atoms with Crippen LogP contribution < -0.4 is 11.5 Å². The number of amides is 1. The molecule has 2 aliphatic heterocycles. The van der Waals surface area contributed by atoms with Crippen LogP contribution in [0.3, 0.4) is 0 Å². The van der Waals surface area contributed by atoms with Crippen molar-refractivity contribution >= 4 is 23.5 Å². The highest BCUT2D eigenvalue weighted by atomic mass is 35.5. The molecule has 21 heavy (non-hydrogen) atoms. The van der Waals surface area contributed by atoms with Gasteiger partial charge in [0.25, 0.3) is 5.91 Å². The molecule has 1 fully saturated rings. The van der Waals surface area contributed by atoms with Gasteiger partial charge in [0.2, 0.25) is 0 Å². The average Bonchev–Trinajstić information content (AvgIpc) is 2.83. The highest BCUT2D eigenvalue weighted by Crippen LogP contribution is 2.39. The topological polar surface area (TPSA) is 84.7 Å². The first-order valence-electron chi connectivity index (χ1n) is 6.88. The van der Waals surface area contributed by atoms with Gasteiger partial charge in [0, 0.05) is 18.0 Å². The molecule has 3 unspecified atom stereocenters. The molecular formula is C15H17ClN4O. The van der Waals surface area contributed by atoms with Crippen LogP contribution in [0.5, 0.6) is 0 Å². The van der Waals surface area contributed by atoms with Gasteiger partial charge >= 0.3 is 0 Å². The Morgan fingerprint density at radius 3 is 2.95 bits per heavy atom. The summed E-state index contributed by atoms with van der Waals surface area (Å²) in [4.78, 5) is 18.0. The lowest BCUT2D eigenvalue weighted by molar-refractivity contribution is -0.114. The lowest BCUT2D eigenvalue weighted by Gasteiger charge is -2.33. The first-order valence-corrected chi connectivity index (χ1v) is 7.32. The maximum atomic E-state index is 12.1. The van der Waals surface area contributed by atoms with Crippen molar-refractivity contribution in [3.05, 3.63) is 47.7 Å². The minimum absolute atomic E-state index is 0.212. The van der Waals surface area contributed by atoms with E-state index in [4.69, 9.17) is 23.1 Å². The number of hydrogen-bond acceptors (Lipinski definition) is 2. The summed E-state index contributed by atoms with van der Waals surface area (Å²) in [7, 11) is 0. The Hall–Kier alpha value is -2.01. The second-order valence-electron chi connectivity index (χ2n) is 5.37. The summed E-state index contributed by atoms with van der Waals surface area (Å²) in [5.74, 6) is -0.377. The number of alkyl halides is 1. The molecule has 1 amide bonds. The maximum absolute atomic E-state index is 12.1. The molecule has 0 saturated carbocycles. The fourth-order valence-corrected chi connectivity index (χ4v) is 3.43. The Morgan fingerprint density at radius 1 is 1.38 bits per heavy atom. The number of nitrogens with two attached hydrogens (primary N) is 2. The van der Waals surface area contributed by atoms with Crippen LogP contribution in [0.1, 0.15) is 6.42 Å². The van der Waals surface area contributed by atoms with Crippen LogP contribution in [-0.4, -0.2) is 34.7 Å². The van der Waals surface area contributed by atoms with Crippen LogP contribution >= 0.6 is 11.6 Å². The zero-order valence-corrected chi connectivity index (χ0v) is 12.2. The monoisotopic (exact) mass is 304 g/mol. The average molecular weight is 305 g/mol. The van der Waals surface area contributed by atoms with Crippen molar-refractivity contribution in [3.8, 4) is 0 Å². The van der Waals surface area contributed by atoms with Gasteiger partial charge < -0.3 is 16.4 Å². The molecule has 0 aromatic rings. The second-order valence-corrected chi connectivity index (χ2v) is 5.84. The van der Waals surface area contributed by atoms with E-state index in [-0.39, 0.29) is 23.3 Å². The summed E-state index contributed by atoms with van der Waals surface area (Å²) < 4.78 is 0. The van der Waals surface area contributed by atoms with Gasteiger partial charge in [-0.15, -0.1) is 11.6 Å². The number of carbonyl (C=O) groups excluding carboxylic acids is 1. The standard InChI is InChI=1S/C15H17ClN4O/c16-12-3-1-2-5-20-6-4-9-7-10(8-11(12)13(9)20)14(21)19-15(17)18/h1-3,5,7-9,12-13H,4,6H2,(H4,17,18,19,21). The minimum atomic E-state index is -0.412. The molecule has 110 valence electrons. The molecule has 0 radical (unpaired) electrons. The Bertz CT molecular complexity index is 613. The van der Waals surface area contributed by atoms with Crippen molar-refractivity contribution in [3.63, 3.8) is 0 Å². The fourth-order valence-electron chi connectivity index (χ4n) is 3.16. The number of guanidine groups is 1. The van der Waals surface area contributed by atoms with E-state index in [0.717, 1.165) is 18.5 Å². The number of halogens is 1. The van der Waals surface area contributed by atoms with E-state index in [0.29, 0.717) is 5.57 Å². The summed E-state index contributed by atoms with van der Waals surface area (Å²) in [6, 6.07) is 0.212. The Kier molecular flexibility index (Phi) is 3.59. The van der Waals surface area contributed by atoms with E-state index < -0.39 is 5.91 Å². The molecule has 0 aromatic carbocycles. The summed E-state index contributed by atoms with van der Waals surface area (Å²) in [5, 5.41) is -0.237. The predicted octanol–water partition coefficient (Wildman–Crippen LogP) is 1.03. The van der Waals surface area contributed by atoms with Gasteiger partial charge in [-0.3, -0.25) is 4.79 Å². The van der Waals surface area contributed by atoms with Crippen LogP contribution in [0.2, 0.25) is 0 Å². The van der Waals surface area contributed by atoms with Crippen LogP contribution in [-0.2, 0) is 4.79 Å². The quantitative estimate of drug-likeness (QED) is 0.430. The van der Waals surface area contributed by atoms with Crippen molar-refractivity contribution in [2.75, 3.05) is 6.54 Å². The molecule has 4 N–H and O–H groups in total. The third-order valence-electron chi connectivity index (χ3n) is 4.01. The lowest BCUT2D eigenvalue weighted by Crippen LogP contribution is -2.36. The number of aliphatic imine (C=N–C) groups is 1. The Labute approximate surface area is 128 Å². The SMILES string of the molecule is NC(N)=NC(=O)C1=CC2CCN3C=CC=CC(Cl)C(=C1)C23. The van der Waals surface area contributed by atoms with E-state index in [1.807, 2.05) is 30.4 Å². The largest absolute Gasteiger partial charge is 0.370 e. The summed E-state index contributed by atoms with van der Waals surface area (Å²) in [5.41, 5.74) is 12.1.